The van der Waals surface area contributed by atoms with E-state index >= 15 is 0 Å². The molecule has 3 amide bonds. The fraction of sp³-hybridized carbons (Fsp3) is 0.241. The van der Waals surface area contributed by atoms with E-state index in [1.165, 1.54) is 11.3 Å². The molecule has 204 valence electrons. The zero-order valence-corrected chi connectivity index (χ0v) is 22.9. The van der Waals surface area contributed by atoms with E-state index in [9.17, 15) is 24.3 Å². The summed E-state index contributed by atoms with van der Waals surface area (Å²) in [5, 5.41) is 16.5. The number of carbonyl (C=O) groups is 4. The molecule has 0 saturated carbocycles. The average Bonchev–Trinajstić information content (AvgIpc) is 3.38. The summed E-state index contributed by atoms with van der Waals surface area (Å²) in [6.45, 7) is 0.504. The Kier molecular flexibility index (Phi) is 8.11. The number of benzene rings is 1. The zero-order chi connectivity index (χ0) is 28.2. The topological polar surface area (TPSA) is 130 Å². The van der Waals surface area contributed by atoms with Gasteiger partial charge in [0.15, 0.2) is 0 Å². The van der Waals surface area contributed by atoms with E-state index in [1.54, 1.807) is 46.8 Å². The van der Waals surface area contributed by atoms with Crippen LogP contribution in [0, 0.1) is 5.92 Å². The molecule has 2 aromatic rings. The Bertz CT molecular complexity index is 1540. The van der Waals surface area contributed by atoms with Crippen molar-refractivity contribution >= 4 is 58.6 Å². The molecular formula is C29H26ClN4O5S+. The molecule has 1 aromatic carbocycles. The van der Waals surface area contributed by atoms with Crippen molar-refractivity contribution in [3.05, 3.63) is 92.2 Å². The van der Waals surface area contributed by atoms with Gasteiger partial charge in [-0.1, -0.05) is 42.0 Å². The molecule has 2 aliphatic heterocycles. The quantitative estimate of drug-likeness (QED) is 0.436. The van der Waals surface area contributed by atoms with Gasteiger partial charge in [-0.3, -0.25) is 14.4 Å². The predicted octanol–water partition coefficient (Wildman–Crippen LogP) is 2.55. The Morgan fingerprint density at radius 3 is 2.80 bits per heavy atom. The lowest BCUT2D eigenvalue weighted by Crippen LogP contribution is -2.48. The van der Waals surface area contributed by atoms with Gasteiger partial charge < -0.3 is 20.6 Å². The summed E-state index contributed by atoms with van der Waals surface area (Å²) in [6.07, 6.45) is 12.5. The summed E-state index contributed by atoms with van der Waals surface area (Å²) in [6, 6.07) is 5.29. The second kappa shape index (κ2) is 11.9. The lowest BCUT2D eigenvalue weighted by atomic mass is 9.89. The monoisotopic (exact) mass is 577 g/mol. The fourth-order valence-electron chi connectivity index (χ4n) is 4.85. The largest absolute Gasteiger partial charge is 0.480 e. The summed E-state index contributed by atoms with van der Waals surface area (Å²) >= 11 is 7.70. The number of rotatable bonds is 7. The number of aliphatic carboxylic acids is 1. The first kappa shape index (κ1) is 27.3. The molecule has 3 aliphatic rings. The van der Waals surface area contributed by atoms with Gasteiger partial charge in [0, 0.05) is 31.3 Å². The van der Waals surface area contributed by atoms with Crippen molar-refractivity contribution in [3.63, 3.8) is 0 Å². The number of carboxylic acid groups (broad SMARTS) is 1. The first-order chi connectivity index (χ1) is 19.3. The number of carboxylic acids is 1. The number of amides is 3. The fourth-order valence-corrected chi connectivity index (χ4v) is 5.77. The third-order valence-electron chi connectivity index (χ3n) is 6.96. The van der Waals surface area contributed by atoms with Crippen LogP contribution in [0.25, 0.3) is 0 Å². The zero-order valence-electron chi connectivity index (χ0n) is 21.3. The molecule has 0 radical (unpaired) electrons. The third-order valence-corrected chi connectivity index (χ3v) is 8.14. The van der Waals surface area contributed by atoms with Crippen LogP contribution < -0.4 is 15.3 Å². The van der Waals surface area contributed by atoms with Crippen molar-refractivity contribution < 1.29 is 24.3 Å². The summed E-state index contributed by atoms with van der Waals surface area (Å²) in [5.74, 6) is -2.60. The van der Waals surface area contributed by atoms with E-state index in [-0.39, 0.29) is 29.0 Å². The van der Waals surface area contributed by atoms with Crippen LogP contribution >= 0.6 is 22.9 Å². The molecule has 0 fully saturated rings. The molecular weight excluding hydrogens is 552 g/mol. The number of nitrogens with one attached hydrogen (secondary N) is 2. The Hall–Kier alpha value is -4.24. The van der Waals surface area contributed by atoms with Crippen molar-refractivity contribution in [1.82, 2.24) is 20.2 Å². The summed E-state index contributed by atoms with van der Waals surface area (Å²) in [4.78, 5) is 52.7. The van der Waals surface area contributed by atoms with Gasteiger partial charge in [-0.15, -0.1) is 16.0 Å². The smallest absolute Gasteiger partial charge is 0.328 e. The number of halogens is 1. The minimum absolute atomic E-state index is 0.0716. The highest BCUT2D eigenvalue weighted by molar-refractivity contribution is 7.12. The number of allylic oxidation sites excluding steroid dienone is 5. The van der Waals surface area contributed by atoms with Gasteiger partial charge in [0.2, 0.25) is 0 Å². The molecule has 1 aliphatic carbocycles. The molecule has 3 heterocycles. The molecule has 11 heteroatoms. The number of fused-ring (bicyclic) bond motifs is 2. The van der Waals surface area contributed by atoms with E-state index < -0.39 is 23.8 Å². The average molecular weight is 578 g/mol. The van der Waals surface area contributed by atoms with E-state index in [2.05, 4.69) is 15.3 Å². The maximum atomic E-state index is 13.5. The summed E-state index contributed by atoms with van der Waals surface area (Å²) in [7, 11) is 0. The van der Waals surface area contributed by atoms with Crippen molar-refractivity contribution in [2.75, 3.05) is 13.1 Å². The highest BCUT2D eigenvalue weighted by Gasteiger charge is 2.35. The van der Waals surface area contributed by atoms with Gasteiger partial charge >= 0.3 is 5.97 Å². The molecule has 5 rings (SSSR count). The molecule has 9 nitrogen and oxygen atoms in total. The number of hydrogen-bond donors (Lipinski definition) is 3. The number of carbonyl (C=O) groups excluding carboxylic acids is 3. The standard InChI is InChI=1S/C29H25ClN4O5S/c30-22-14-18-16-34(28(37)20-8-10-31-23-6-3-1-2-5-19(20)23)11-9-17(18)13-21(22)26(35)33-24(29(38)39)15-32-27(36)25-7-4-12-40-25/h1-5,7-8,10,12-14,19,24H,6,9,11,15-16H2,(H2-,32,33,35,36,38,39)/p+1/t19?,24-/m0/s1. The van der Waals surface area contributed by atoms with E-state index in [1.807, 2.05) is 24.3 Å². The predicted molar refractivity (Wildman–Crippen MR) is 154 cm³/mol. The Morgan fingerprint density at radius 2 is 2.02 bits per heavy atom. The summed E-state index contributed by atoms with van der Waals surface area (Å²) < 4.78 is 4.46. The van der Waals surface area contributed by atoms with Crippen molar-refractivity contribution in [2.45, 2.75) is 25.4 Å². The van der Waals surface area contributed by atoms with Gasteiger partial charge in [-0.25, -0.2) is 4.79 Å². The normalized spacial score (nSPS) is 18.0. The first-order valence-corrected chi connectivity index (χ1v) is 14.0. The van der Waals surface area contributed by atoms with Crippen molar-refractivity contribution in [1.29, 1.82) is 0 Å². The van der Waals surface area contributed by atoms with Crippen LogP contribution in [0.2, 0.25) is 5.02 Å². The van der Waals surface area contributed by atoms with E-state index in [4.69, 9.17) is 11.6 Å². The van der Waals surface area contributed by atoms with Gasteiger partial charge in [0.1, 0.15) is 12.0 Å². The summed E-state index contributed by atoms with van der Waals surface area (Å²) in [5.41, 5.74) is 3.42. The lowest BCUT2D eigenvalue weighted by Gasteiger charge is -2.31. The number of thiophene rings is 1. The minimum Gasteiger partial charge on any atom is -0.480 e. The SMILES string of the molecule is O=C(NC[C@H](NC(=O)c1cc2c(cc1Cl)CN(C(=O)C1=CC=[N+]=C3CC=CC=CC13)CC2)C(=O)O)c1cccs1. The number of nitrogens with zero attached hydrogens (tertiary/aromatic N) is 2. The molecule has 2 atom stereocenters. The van der Waals surface area contributed by atoms with Crippen LogP contribution in [0.5, 0.6) is 0 Å². The lowest BCUT2D eigenvalue weighted by molar-refractivity contribution is -0.139. The van der Waals surface area contributed by atoms with Crippen LogP contribution in [0.15, 0.2) is 65.6 Å². The Morgan fingerprint density at radius 1 is 1.18 bits per heavy atom. The molecule has 3 N–H and O–H groups in total. The van der Waals surface area contributed by atoms with E-state index in [0.29, 0.717) is 36.4 Å². The maximum Gasteiger partial charge on any atom is 0.328 e. The first-order valence-electron chi connectivity index (χ1n) is 12.7. The molecule has 1 unspecified atom stereocenters. The highest BCUT2D eigenvalue weighted by atomic mass is 35.5. The van der Waals surface area contributed by atoms with Gasteiger partial charge in [-0.05, 0) is 41.1 Å². The Labute approximate surface area is 239 Å². The molecule has 0 saturated heterocycles. The van der Waals surface area contributed by atoms with Crippen LogP contribution in [-0.4, -0.2) is 64.8 Å². The molecule has 0 spiro atoms. The van der Waals surface area contributed by atoms with Gasteiger partial charge in [-0.2, -0.15) is 0 Å². The second-order valence-electron chi connectivity index (χ2n) is 9.52. The van der Waals surface area contributed by atoms with Gasteiger partial charge in [0.25, 0.3) is 29.6 Å². The highest BCUT2D eigenvalue weighted by Crippen LogP contribution is 2.29. The Balaban J connectivity index is 1.26. The van der Waals surface area contributed by atoms with Gasteiger partial charge in [0.05, 0.1) is 21.9 Å². The minimum atomic E-state index is -1.35. The van der Waals surface area contributed by atoms with Crippen LogP contribution in [-0.2, 0) is 22.6 Å². The van der Waals surface area contributed by atoms with Crippen LogP contribution in [0.1, 0.15) is 37.6 Å². The molecule has 40 heavy (non-hydrogen) atoms. The van der Waals surface area contributed by atoms with Crippen LogP contribution in [0.4, 0.5) is 0 Å². The third kappa shape index (κ3) is 5.84. The second-order valence-corrected chi connectivity index (χ2v) is 10.9. The van der Waals surface area contributed by atoms with Crippen LogP contribution in [0.3, 0.4) is 0 Å². The van der Waals surface area contributed by atoms with Crippen molar-refractivity contribution in [2.24, 2.45) is 5.92 Å². The molecule has 0 bridgehead atoms. The molecule has 1 aromatic heterocycles. The maximum absolute atomic E-state index is 13.5. The number of hydrogen-bond acceptors (Lipinski definition) is 5. The van der Waals surface area contributed by atoms with E-state index in [0.717, 1.165) is 16.8 Å². The van der Waals surface area contributed by atoms with Crippen molar-refractivity contribution in [3.8, 4) is 0 Å².